The quantitative estimate of drug-likeness (QED) is 0.807. The summed E-state index contributed by atoms with van der Waals surface area (Å²) in [7, 11) is 1.67. The van der Waals surface area contributed by atoms with Crippen LogP contribution in [0.1, 0.15) is 18.9 Å². The lowest BCUT2D eigenvalue weighted by molar-refractivity contribution is -0.117. The first-order chi connectivity index (χ1) is 7.69. The molecule has 1 fully saturated rings. The van der Waals surface area contributed by atoms with Crippen LogP contribution >= 0.6 is 11.8 Å². The Morgan fingerprint density at radius 2 is 2.06 bits per heavy atom. The van der Waals surface area contributed by atoms with Crippen LogP contribution in [0.3, 0.4) is 0 Å². The molecule has 1 aliphatic heterocycles. The Labute approximate surface area is 100 Å². The third kappa shape index (κ3) is 2.59. The summed E-state index contributed by atoms with van der Waals surface area (Å²) in [4.78, 5) is 11.4. The first-order valence-electron chi connectivity index (χ1n) is 5.50. The minimum absolute atomic E-state index is 0.184. The Hall–Kier alpha value is -0.960. The van der Waals surface area contributed by atoms with Gasteiger partial charge in [-0.3, -0.25) is 4.79 Å². The van der Waals surface area contributed by atoms with E-state index in [0.29, 0.717) is 11.0 Å². The molecule has 0 N–H and O–H groups in total. The Balaban J connectivity index is 1.96. The fraction of sp³-hybridized carbons (Fsp3) is 0.462. The molecule has 2 atom stereocenters. The van der Waals surface area contributed by atoms with Crippen molar-refractivity contribution in [3.63, 3.8) is 0 Å². The first-order valence-corrected chi connectivity index (χ1v) is 6.44. The molecule has 2 rings (SSSR count). The summed E-state index contributed by atoms with van der Waals surface area (Å²) in [5.41, 5.74) is 1.28. The minimum Gasteiger partial charge on any atom is -0.497 e. The molecule has 0 amide bonds. The first kappa shape index (κ1) is 11.5. The summed E-state index contributed by atoms with van der Waals surface area (Å²) in [5.74, 6) is 1.27. The van der Waals surface area contributed by atoms with Crippen LogP contribution in [-0.2, 0) is 11.2 Å². The van der Waals surface area contributed by atoms with E-state index >= 15 is 0 Å². The SMILES string of the molecule is COc1ccc(CC2CC(=O)C(C)S2)cc1. The number of methoxy groups -OCH3 is 1. The van der Waals surface area contributed by atoms with E-state index in [-0.39, 0.29) is 5.25 Å². The molecule has 2 unspecified atom stereocenters. The standard InChI is InChI=1S/C13H16O2S/c1-9-13(14)8-12(16-9)7-10-3-5-11(15-2)6-4-10/h3-6,9,12H,7-8H2,1-2H3. The number of hydrogen-bond donors (Lipinski definition) is 0. The van der Waals surface area contributed by atoms with Crippen molar-refractivity contribution < 1.29 is 9.53 Å². The molecule has 3 heteroatoms. The van der Waals surface area contributed by atoms with Crippen LogP contribution < -0.4 is 4.74 Å². The molecule has 0 spiro atoms. The maximum absolute atomic E-state index is 11.4. The summed E-state index contributed by atoms with van der Waals surface area (Å²) >= 11 is 1.80. The van der Waals surface area contributed by atoms with Gasteiger partial charge in [0.05, 0.1) is 12.4 Å². The summed E-state index contributed by atoms with van der Waals surface area (Å²) in [6.45, 7) is 2.00. The number of thioether (sulfide) groups is 1. The van der Waals surface area contributed by atoms with Crippen molar-refractivity contribution in [2.75, 3.05) is 7.11 Å². The van der Waals surface area contributed by atoms with Crippen molar-refractivity contribution in [2.45, 2.75) is 30.3 Å². The molecule has 0 aliphatic carbocycles. The largest absolute Gasteiger partial charge is 0.497 e. The Morgan fingerprint density at radius 3 is 2.56 bits per heavy atom. The van der Waals surface area contributed by atoms with E-state index in [1.54, 1.807) is 18.9 Å². The van der Waals surface area contributed by atoms with E-state index in [0.717, 1.165) is 18.6 Å². The summed E-state index contributed by atoms with van der Waals surface area (Å²) in [6, 6.07) is 8.10. The van der Waals surface area contributed by atoms with Crippen molar-refractivity contribution in [2.24, 2.45) is 0 Å². The van der Waals surface area contributed by atoms with E-state index < -0.39 is 0 Å². The van der Waals surface area contributed by atoms with Crippen molar-refractivity contribution in [3.05, 3.63) is 29.8 Å². The van der Waals surface area contributed by atoms with E-state index in [9.17, 15) is 4.79 Å². The fourth-order valence-electron chi connectivity index (χ4n) is 1.95. The molecule has 0 aromatic heterocycles. The maximum atomic E-state index is 11.4. The van der Waals surface area contributed by atoms with Gasteiger partial charge in [0.2, 0.25) is 0 Å². The number of rotatable bonds is 3. The number of ether oxygens (including phenoxy) is 1. The normalized spacial score (nSPS) is 24.8. The zero-order valence-electron chi connectivity index (χ0n) is 9.60. The molecule has 1 aromatic carbocycles. The summed E-state index contributed by atoms with van der Waals surface area (Å²) in [6.07, 6.45) is 1.70. The van der Waals surface area contributed by atoms with Gasteiger partial charge < -0.3 is 4.74 Å². The van der Waals surface area contributed by atoms with Gasteiger partial charge in [-0.2, -0.15) is 0 Å². The molecule has 1 heterocycles. The van der Waals surface area contributed by atoms with Crippen molar-refractivity contribution in [3.8, 4) is 5.75 Å². The van der Waals surface area contributed by atoms with Crippen molar-refractivity contribution in [1.29, 1.82) is 0 Å². The van der Waals surface area contributed by atoms with Gasteiger partial charge in [0.1, 0.15) is 11.5 Å². The topological polar surface area (TPSA) is 26.3 Å². The van der Waals surface area contributed by atoms with Crippen molar-refractivity contribution >= 4 is 17.5 Å². The molecule has 1 aliphatic rings. The van der Waals surface area contributed by atoms with Crippen LogP contribution in [0.2, 0.25) is 0 Å². The monoisotopic (exact) mass is 236 g/mol. The van der Waals surface area contributed by atoms with Crippen LogP contribution in [0.15, 0.2) is 24.3 Å². The Kier molecular flexibility index (Phi) is 3.54. The second kappa shape index (κ2) is 4.91. The number of hydrogen-bond acceptors (Lipinski definition) is 3. The smallest absolute Gasteiger partial charge is 0.146 e. The van der Waals surface area contributed by atoms with Gasteiger partial charge >= 0.3 is 0 Å². The predicted octanol–water partition coefficient (Wildman–Crippen LogP) is 2.70. The van der Waals surface area contributed by atoms with Gasteiger partial charge in [-0.25, -0.2) is 0 Å². The minimum atomic E-state index is 0.184. The number of benzene rings is 1. The third-order valence-electron chi connectivity index (χ3n) is 2.90. The molecule has 1 saturated heterocycles. The van der Waals surface area contributed by atoms with Gasteiger partial charge in [0, 0.05) is 11.7 Å². The number of carbonyl (C=O) groups excluding carboxylic acids is 1. The third-order valence-corrected chi connectivity index (χ3v) is 4.29. The highest BCUT2D eigenvalue weighted by Crippen LogP contribution is 2.33. The van der Waals surface area contributed by atoms with Crippen LogP contribution in [0.5, 0.6) is 5.75 Å². The lowest BCUT2D eigenvalue weighted by Crippen LogP contribution is -2.05. The molecule has 0 bridgehead atoms. The molecule has 0 saturated carbocycles. The average molecular weight is 236 g/mol. The number of Topliss-reactive ketones (excluding diaryl/α,β-unsaturated/α-hetero) is 1. The number of carbonyl (C=O) groups is 1. The highest BCUT2D eigenvalue weighted by atomic mass is 32.2. The Bertz CT molecular complexity index is 372. The molecule has 0 radical (unpaired) electrons. The van der Waals surface area contributed by atoms with Gasteiger partial charge in [0.25, 0.3) is 0 Å². The van der Waals surface area contributed by atoms with Gasteiger partial charge in [-0.05, 0) is 31.0 Å². The van der Waals surface area contributed by atoms with Gasteiger partial charge in [-0.1, -0.05) is 12.1 Å². The molecule has 1 aromatic rings. The molecule has 2 nitrogen and oxygen atoms in total. The Morgan fingerprint density at radius 1 is 1.38 bits per heavy atom. The van der Waals surface area contributed by atoms with Crippen LogP contribution in [0.25, 0.3) is 0 Å². The molecule has 86 valence electrons. The lowest BCUT2D eigenvalue weighted by Gasteiger charge is -2.08. The highest BCUT2D eigenvalue weighted by molar-refractivity contribution is 8.01. The average Bonchev–Trinajstić information content (AvgIpc) is 2.59. The maximum Gasteiger partial charge on any atom is 0.146 e. The predicted molar refractivity (Wildman–Crippen MR) is 67.2 cm³/mol. The van der Waals surface area contributed by atoms with Crippen LogP contribution in [0.4, 0.5) is 0 Å². The second-order valence-corrected chi connectivity index (χ2v) is 5.77. The van der Waals surface area contributed by atoms with Crippen LogP contribution in [-0.4, -0.2) is 23.4 Å². The van der Waals surface area contributed by atoms with Crippen molar-refractivity contribution in [1.82, 2.24) is 0 Å². The molecule has 16 heavy (non-hydrogen) atoms. The van der Waals surface area contributed by atoms with Gasteiger partial charge in [-0.15, -0.1) is 11.8 Å². The highest BCUT2D eigenvalue weighted by Gasteiger charge is 2.29. The van der Waals surface area contributed by atoms with E-state index in [2.05, 4.69) is 12.1 Å². The fourth-order valence-corrected chi connectivity index (χ4v) is 3.32. The zero-order valence-corrected chi connectivity index (χ0v) is 10.4. The van der Waals surface area contributed by atoms with Gasteiger partial charge in [0.15, 0.2) is 0 Å². The molecular weight excluding hydrogens is 220 g/mol. The van der Waals surface area contributed by atoms with E-state index in [4.69, 9.17) is 4.74 Å². The van der Waals surface area contributed by atoms with Crippen LogP contribution in [0, 0.1) is 0 Å². The van der Waals surface area contributed by atoms with E-state index in [1.807, 2.05) is 19.1 Å². The molecular formula is C13H16O2S. The zero-order chi connectivity index (χ0) is 11.5. The summed E-state index contributed by atoms with van der Waals surface area (Å²) in [5, 5.41) is 0.638. The summed E-state index contributed by atoms with van der Waals surface area (Å²) < 4.78 is 5.11. The number of ketones is 1. The lowest BCUT2D eigenvalue weighted by atomic mass is 10.1. The van der Waals surface area contributed by atoms with E-state index in [1.165, 1.54) is 5.56 Å². The second-order valence-electron chi connectivity index (χ2n) is 4.12.